The van der Waals surface area contributed by atoms with Gasteiger partial charge in [-0.25, -0.2) is 13.4 Å². The highest BCUT2D eigenvalue weighted by molar-refractivity contribution is 7.94. The molecular weight excluding hydrogens is 268 g/mol. The molecule has 1 aromatic rings. The molecule has 0 radical (unpaired) electrons. The first-order valence-electron chi connectivity index (χ1n) is 5.82. The molecule has 0 saturated heterocycles. The summed E-state index contributed by atoms with van der Waals surface area (Å²) in [4.78, 5) is 16.0. The van der Waals surface area contributed by atoms with E-state index in [1.165, 1.54) is 6.08 Å². The molecule has 0 bridgehead atoms. The van der Waals surface area contributed by atoms with Crippen molar-refractivity contribution in [3.8, 4) is 0 Å². The number of hydrogen-bond donors (Lipinski definition) is 2. The van der Waals surface area contributed by atoms with E-state index in [0.29, 0.717) is 5.82 Å². The Morgan fingerprint density at radius 2 is 2.16 bits per heavy atom. The van der Waals surface area contributed by atoms with Crippen molar-refractivity contribution in [1.29, 1.82) is 0 Å². The SMILES string of the molecule is CC(C)(C)c1nc(C(=O)NC2C=CS(=O)(=O)C2)n[nH]1. The lowest BCUT2D eigenvalue weighted by Gasteiger charge is -2.12. The first kappa shape index (κ1) is 13.7. The smallest absolute Gasteiger partial charge is 0.291 e. The highest BCUT2D eigenvalue weighted by atomic mass is 32.2. The molecule has 1 amide bonds. The number of rotatable bonds is 2. The number of nitrogens with zero attached hydrogens (tertiary/aromatic N) is 2. The largest absolute Gasteiger partial charge is 0.342 e. The summed E-state index contributed by atoms with van der Waals surface area (Å²) in [6.45, 7) is 5.84. The van der Waals surface area contributed by atoms with Gasteiger partial charge in [-0.2, -0.15) is 0 Å². The third-order valence-corrected chi connectivity index (χ3v) is 4.04. The standard InChI is InChI=1S/C11H16N4O3S/c1-11(2,3)10-13-8(14-15-10)9(16)12-7-4-5-19(17,18)6-7/h4-5,7H,6H2,1-3H3,(H,12,16)(H,13,14,15). The average Bonchev–Trinajstić information content (AvgIpc) is 2.84. The highest BCUT2D eigenvalue weighted by Gasteiger charge is 2.26. The number of aromatic amines is 1. The van der Waals surface area contributed by atoms with Crippen LogP contribution in [0.2, 0.25) is 0 Å². The Morgan fingerprint density at radius 3 is 2.63 bits per heavy atom. The quantitative estimate of drug-likeness (QED) is 0.804. The molecule has 0 aromatic carbocycles. The van der Waals surface area contributed by atoms with Gasteiger partial charge in [0.15, 0.2) is 9.84 Å². The molecule has 1 unspecified atom stereocenters. The molecule has 8 heteroatoms. The van der Waals surface area contributed by atoms with Gasteiger partial charge in [0.1, 0.15) is 5.82 Å². The van der Waals surface area contributed by atoms with Crippen LogP contribution in [0.15, 0.2) is 11.5 Å². The number of nitrogens with one attached hydrogen (secondary N) is 2. The maximum atomic E-state index is 11.9. The van der Waals surface area contributed by atoms with E-state index in [0.717, 1.165) is 5.41 Å². The third kappa shape index (κ3) is 3.19. The fraction of sp³-hybridized carbons (Fsp3) is 0.545. The summed E-state index contributed by atoms with van der Waals surface area (Å²) in [7, 11) is -3.19. The van der Waals surface area contributed by atoms with Gasteiger partial charge in [0.25, 0.3) is 5.91 Å². The maximum absolute atomic E-state index is 11.9. The van der Waals surface area contributed by atoms with Crippen LogP contribution in [0.3, 0.4) is 0 Å². The van der Waals surface area contributed by atoms with Crippen LogP contribution in [-0.2, 0) is 15.3 Å². The molecule has 2 N–H and O–H groups in total. The Bertz CT molecular complexity index is 625. The lowest BCUT2D eigenvalue weighted by Crippen LogP contribution is -2.36. The van der Waals surface area contributed by atoms with E-state index in [-0.39, 0.29) is 17.0 Å². The lowest BCUT2D eigenvalue weighted by molar-refractivity contribution is 0.0937. The number of carbonyl (C=O) groups excluding carboxylic acids is 1. The van der Waals surface area contributed by atoms with Crippen LogP contribution in [0, 0.1) is 0 Å². The first-order valence-corrected chi connectivity index (χ1v) is 7.54. The van der Waals surface area contributed by atoms with Crippen molar-refractivity contribution >= 4 is 15.7 Å². The number of carbonyl (C=O) groups is 1. The number of sulfone groups is 1. The second-order valence-corrected chi connectivity index (χ2v) is 7.43. The zero-order chi connectivity index (χ0) is 14.3. The Labute approximate surface area is 111 Å². The van der Waals surface area contributed by atoms with Gasteiger partial charge in [-0.15, -0.1) is 5.10 Å². The topological polar surface area (TPSA) is 105 Å². The number of amides is 1. The highest BCUT2D eigenvalue weighted by Crippen LogP contribution is 2.17. The molecule has 1 atom stereocenters. The summed E-state index contributed by atoms with van der Waals surface area (Å²) < 4.78 is 22.4. The van der Waals surface area contributed by atoms with Crippen molar-refractivity contribution in [2.24, 2.45) is 0 Å². The fourth-order valence-corrected chi connectivity index (χ4v) is 2.83. The Balaban J connectivity index is 2.06. The van der Waals surface area contributed by atoms with Crippen LogP contribution < -0.4 is 5.32 Å². The van der Waals surface area contributed by atoms with Crippen molar-refractivity contribution in [3.05, 3.63) is 23.1 Å². The van der Waals surface area contributed by atoms with Gasteiger partial charge in [-0.05, 0) is 6.08 Å². The molecule has 1 aliphatic rings. The second-order valence-electron chi connectivity index (χ2n) is 5.50. The predicted octanol–water partition coefficient (Wildman–Crippen LogP) is 0.143. The van der Waals surface area contributed by atoms with E-state index in [2.05, 4.69) is 20.5 Å². The van der Waals surface area contributed by atoms with E-state index in [1.54, 1.807) is 0 Å². The fourth-order valence-electron chi connectivity index (χ4n) is 1.60. The maximum Gasteiger partial charge on any atom is 0.291 e. The molecule has 2 rings (SSSR count). The minimum absolute atomic E-state index is 0.0163. The monoisotopic (exact) mass is 284 g/mol. The van der Waals surface area contributed by atoms with E-state index in [4.69, 9.17) is 0 Å². The van der Waals surface area contributed by atoms with Crippen LogP contribution in [0.25, 0.3) is 0 Å². The molecule has 0 spiro atoms. The van der Waals surface area contributed by atoms with Crippen molar-refractivity contribution in [3.63, 3.8) is 0 Å². The normalized spacial score (nSPS) is 21.5. The summed E-state index contributed by atoms with van der Waals surface area (Å²) >= 11 is 0. The summed E-state index contributed by atoms with van der Waals surface area (Å²) in [5, 5.41) is 10.2. The Hall–Kier alpha value is -1.70. The Kier molecular flexibility index (Phi) is 3.21. The van der Waals surface area contributed by atoms with Crippen molar-refractivity contribution in [2.45, 2.75) is 32.2 Å². The summed E-state index contributed by atoms with van der Waals surface area (Å²) in [6, 6.07) is -0.519. The first-order chi connectivity index (χ1) is 8.67. The van der Waals surface area contributed by atoms with Gasteiger partial charge in [0.2, 0.25) is 5.82 Å². The summed E-state index contributed by atoms with van der Waals surface area (Å²) in [5.74, 6) is 0.0170. The van der Waals surface area contributed by atoms with Gasteiger partial charge in [-0.3, -0.25) is 9.89 Å². The van der Waals surface area contributed by atoms with Crippen LogP contribution in [-0.4, -0.2) is 41.3 Å². The molecule has 0 saturated carbocycles. The molecule has 2 heterocycles. The molecule has 19 heavy (non-hydrogen) atoms. The van der Waals surface area contributed by atoms with E-state index < -0.39 is 21.8 Å². The van der Waals surface area contributed by atoms with Crippen molar-refractivity contribution in [1.82, 2.24) is 20.5 Å². The second kappa shape index (κ2) is 4.44. The third-order valence-electron chi connectivity index (χ3n) is 2.65. The van der Waals surface area contributed by atoms with E-state index >= 15 is 0 Å². The molecule has 0 aliphatic carbocycles. The van der Waals surface area contributed by atoms with Crippen molar-refractivity contribution in [2.75, 3.05) is 5.75 Å². The molecular formula is C11H16N4O3S. The lowest BCUT2D eigenvalue weighted by atomic mass is 9.96. The number of aromatic nitrogens is 3. The minimum atomic E-state index is -3.19. The predicted molar refractivity (Wildman–Crippen MR) is 69.3 cm³/mol. The molecule has 7 nitrogen and oxygen atoms in total. The minimum Gasteiger partial charge on any atom is -0.342 e. The zero-order valence-corrected chi connectivity index (χ0v) is 11.8. The van der Waals surface area contributed by atoms with Gasteiger partial charge in [0.05, 0.1) is 11.8 Å². The molecule has 1 aliphatic heterocycles. The van der Waals surface area contributed by atoms with Gasteiger partial charge in [0, 0.05) is 10.8 Å². The average molecular weight is 284 g/mol. The van der Waals surface area contributed by atoms with Crippen LogP contribution in [0.4, 0.5) is 0 Å². The van der Waals surface area contributed by atoms with Crippen molar-refractivity contribution < 1.29 is 13.2 Å². The summed E-state index contributed by atoms with van der Waals surface area (Å²) in [6.07, 6.45) is 1.45. The van der Waals surface area contributed by atoms with Gasteiger partial charge in [-0.1, -0.05) is 20.8 Å². The zero-order valence-electron chi connectivity index (χ0n) is 11.0. The molecule has 1 aromatic heterocycles. The number of hydrogen-bond acceptors (Lipinski definition) is 5. The van der Waals surface area contributed by atoms with Gasteiger partial charge < -0.3 is 5.32 Å². The molecule has 104 valence electrons. The van der Waals surface area contributed by atoms with E-state index in [1.807, 2.05) is 20.8 Å². The number of H-pyrrole nitrogens is 1. The molecule has 0 fully saturated rings. The van der Waals surface area contributed by atoms with Crippen LogP contribution >= 0.6 is 0 Å². The summed E-state index contributed by atoms with van der Waals surface area (Å²) in [5.41, 5.74) is -0.234. The van der Waals surface area contributed by atoms with Gasteiger partial charge >= 0.3 is 0 Å². The van der Waals surface area contributed by atoms with Crippen LogP contribution in [0.1, 0.15) is 37.2 Å². The van der Waals surface area contributed by atoms with E-state index in [9.17, 15) is 13.2 Å². The van der Waals surface area contributed by atoms with Crippen LogP contribution in [0.5, 0.6) is 0 Å². The Morgan fingerprint density at radius 1 is 1.47 bits per heavy atom.